The second-order valence-electron chi connectivity index (χ2n) is 7.36. The molecule has 0 radical (unpaired) electrons. The monoisotopic (exact) mass is 370 g/mol. The fraction of sp³-hybridized carbons (Fsp3) is 0.909. The summed E-state index contributed by atoms with van der Waals surface area (Å²) in [6.07, 6.45) is 19.7. The van der Waals surface area contributed by atoms with Gasteiger partial charge < -0.3 is 0 Å². The lowest BCUT2D eigenvalue weighted by Crippen LogP contribution is -2.11. The van der Waals surface area contributed by atoms with Crippen LogP contribution in [0.1, 0.15) is 129 Å². The van der Waals surface area contributed by atoms with Gasteiger partial charge in [0.1, 0.15) is 0 Å². The van der Waals surface area contributed by atoms with E-state index in [1.54, 1.807) is 0 Å². The maximum absolute atomic E-state index is 11.5. The van der Waals surface area contributed by atoms with Crippen molar-refractivity contribution in [3.05, 3.63) is 0 Å². The molecule has 0 saturated heterocycles. The van der Waals surface area contributed by atoms with Gasteiger partial charge in [0.15, 0.2) is 0 Å². The molecule has 0 rings (SSSR count). The van der Waals surface area contributed by atoms with E-state index < -0.39 is 11.9 Å². The molecule has 0 unspecified atom stereocenters. The number of hydrogen-bond acceptors (Lipinski definition) is 4. The van der Waals surface area contributed by atoms with Gasteiger partial charge in [0, 0.05) is 0 Å². The van der Waals surface area contributed by atoms with Crippen LogP contribution in [0, 0.1) is 0 Å². The van der Waals surface area contributed by atoms with Crippen LogP contribution >= 0.6 is 0 Å². The zero-order chi connectivity index (χ0) is 19.3. The summed E-state index contributed by atoms with van der Waals surface area (Å²) in [5.74, 6) is -0.867. The third kappa shape index (κ3) is 19.3. The Morgan fingerprint density at radius 2 is 0.731 bits per heavy atom. The summed E-state index contributed by atoms with van der Waals surface area (Å²) in [7, 11) is 0. The first kappa shape index (κ1) is 24.9. The summed E-state index contributed by atoms with van der Waals surface area (Å²) in [5.41, 5.74) is 0. The van der Waals surface area contributed by atoms with Crippen LogP contribution in [-0.2, 0) is 19.4 Å². The average Bonchev–Trinajstić information content (AvgIpc) is 2.64. The molecule has 0 bridgehead atoms. The molecule has 0 atom stereocenters. The largest absolute Gasteiger partial charge is 0.355 e. The third-order valence-corrected chi connectivity index (χ3v) is 4.70. The lowest BCUT2D eigenvalue weighted by atomic mass is 10.1. The van der Waals surface area contributed by atoms with Gasteiger partial charge in [-0.05, 0) is 12.8 Å². The minimum absolute atomic E-state index is 0.329. The van der Waals surface area contributed by atoms with Gasteiger partial charge in [-0.15, -0.1) is 0 Å². The van der Waals surface area contributed by atoms with Crippen LogP contribution in [0.25, 0.3) is 0 Å². The van der Waals surface area contributed by atoms with E-state index in [2.05, 4.69) is 23.6 Å². The van der Waals surface area contributed by atoms with Crippen molar-refractivity contribution in [2.24, 2.45) is 0 Å². The molecule has 0 aliphatic heterocycles. The zero-order valence-corrected chi connectivity index (χ0v) is 17.4. The van der Waals surface area contributed by atoms with Gasteiger partial charge in [-0.3, -0.25) is 0 Å². The lowest BCUT2D eigenvalue weighted by molar-refractivity contribution is -0.259. The van der Waals surface area contributed by atoms with Gasteiger partial charge in [-0.2, -0.15) is 0 Å². The lowest BCUT2D eigenvalue weighted by Gasteiger charge is -2.04. The summed E-state index contributed by atoms with van der Waals surface area (Å²) in [4.78, 5) is 32.1. The molecule has 4 heteroatoms. The molecule has 0 aliphatic rings. The molecule has 0 amide bonds. The molecular formula is C22H42O4. The van der Waals surface area contributed by atoms with E-state index in [0.29, 0.717) is 12.8 Å². The molecule has 0 heterocycles. The molecule has 0 saturated carbocycles. The number of carbonyl (C=O) groups excluding carboxylic acids is 2. The first-order valence-corrected chi connectivity index (χ1v) is 11.1. The summed E-state index contributed by atoms with van der Waals surface area (Å²) in [5, 5.41) is 0. The van der Waals surface area contributed by atoms with Crippen molar-refractivity contribution in [3.63, 3.8) is 0 Å². The summed E-state index contributed by atoms with van der Waals surface area (Å²) >= 11 is 0. The molecule has 154 valence electrons. The zero-order valence-electron chi connectivity index (χ0n) is 17.4. The van der Waals surface area contributed by atoms with Crippen molar-refractivity contribution in [2.75, 3.05) is 0 Å². The van der Waals surface area contributed by atoms with Crippen LogP contribution in [0.2, 0.25) is 0 Å². The van der Waals surface area contributed by atoms with Gasteiger partial charge in [-0.1, -0.05) is 104 Å². The van der Waals surface area contributed by atoms with Crippen LogP contribution in [0.4, 0.5) is 0 Å². The Morgan fingerprint density at radius 3 is 1.04 bits per heavy atom. The maximum Gasteiger partial charge on any atom is 0.355 e. The molecule has 26 heavy (non-hydrogen) atoms. The number of hydrogen-bond donors (Lipinski definition) is 0. The molecular weight excluding hydrogens is 328 g/mol. The highest BCUT2D eigenvalue weighted by molar-refractivity contribution is 5.72. The van der Waals surface area contributed by atoms with Crippen molar-refractivity contribution in [2.45, 2.75) is 129 Å². The minimum atomic E-state index is -0.436. The Hall–Kier alpha value is -1.06. The van der Waals surface area contributed by atoms with E-state index in [0.717, 1.165) is 32.1 Å². The fourth-order valence-electron chi connectivity index (χ4n) is 2.98. The molecule has 4 nitrogen and oxygen atoms in total. The Kier molecular flexibility index (Phi) is 19.4. The maximum atomic E-state index is 11.5. The van der Waals surface area contributed by atoms with E-state index in [4.69, 9.17) is 0 Å². The first-order chi connectivity index (χ1) is 12.7. The molecule has 0 N–H and O–H groups in total. The third-order valence-electron chi connectivity index (χ3n) is 4.70. The number of rotatable bonds is 18. The number of carbonyl (C=O) groups is 2. The standard InChI is InChI=1S/C22H42O4/c1-3-5-7-9-10-11-12-13-14-16-18-20-22(24)26-25-21(23)19-17-15-8-6-4-2/h3-20H2,1-2H3. The molecule has 0 spiro atoms. The molecule has 0 fully saturated rings. The predicted octanol–water partition coefficient (Wildman–Crippen LogP) is 7.05. The van der Waals surface area contributed by atoms with Crippen LogP contribution in [-0.4, -0.2) is 11.9 Å². The topological polar surface area (TPSA) is 52.6 Å². The summed E-state index contributed by atoms with van der Waals surface area (Å²) in [6, 6.07) is 0. The number of unbranched alkanes of at least 4 members (excludes halogenated alkanes) is 14. The van der Waals surface area contributed by atoms with Gasteiger partial charge >= 0.3 is 11.9 Å². The van der Waals surface area contributed by atoms with E-state index in [9.17, 15) is 9.59 Å². The van der Waals surface area contributed by atoms with Gasteiger partial charge in [-0.25, -0.2) is 19.4 Å². The van der Waals surface area contributed by atoms with Gasteiger partial charge in [0.05, 0.1) is 12.8 Å². The first-order valence-electron chi connectivity index (χ1n) is 11.1. The van der Waals surface area contributed by atoms with Crippen LogP contribution in [0.5, 0.6) is 0 Å². The van der Waals surface area contributed by atoms with E-state index in [1.165, 1.54) is 70.6 Å². The van der Waals surface area contributed by atoms with Crippen LogP contribution < -0.4 is 0 Å². The SMILES string of the molecule is CCCCCCCCCCCCCC(=O)OOC(=O)CCCCCCC. The Bertz CT molecular complexity index is 328. The second-order valence-corrected chi connectivity index (χ2v) is 7.36. The quantitative estimate of drug-likeness (QED) is 0.147. The highest BCUT2D eigenvalue weighted by Crippen LogP contribution is 2.12. The predicted molar refractivity (Wildman–Crippen MR) is 107 cm³/mol. The van der Waals surface area contributed by atoms with Gasteiger partial charge in [0.2, 0.25) is 0 Å². The molecule has 0 aliphatic carbocycles. The average molecular weight is 371 g/mol. The van der Waals surface area contributed by atoms with Crippen molar-refractivity contribution in [1.29, 1.82) is 0 Å². The second kappa shape index (κ2) is 20.3. The molecule has 0 aromatic rings. The molecule has 0 aromatic heterocycles. The minimum Gasteiger partial charge on any atom is -0.247 e. The van der Waals surface area contributed by atoms with Crippen molar-refractivity contribution in [3.8, 4) is 0 Å². The Balaban J connectivity index is 3.29. The Labute approximate surface area is 161 Å². The normalized spacial score (nSPS) is 10.7. The Morgan fingerprint density at radius 1 is 0.462 bits per heavy atom. The van der Waals surface area contributed by atoms with E-state index >= 15 is 0 Å². The van der Waals surface area contributed by atoms with Crippen molar-refractivity contribution >= 4 is 11.9 Å². The summed E-state index contributed by atoms with van der Waals surface area (Å²) < 4.78 is 0. The highest BCUT2D eigenvalue weighted by atomic mass is 17.2. The van der Waals surface area contributed by atoms with Crippen LogP contribution in [0.15, 0.2) is 0 Å². The van der Waals surface area contributed by atoms with E-state index in [-0.39, 0.29) is 0 Å². The molecule has 0 aromatic carbocycles. The van der Waals surface area contributed by atoms with E-state index in [1.807, 2.05) is 0 Å². The van der Waals surface area contributed by atoms with Crippen LogP contribution in [0.3, 0.4) is 0 Å². The highest BCUT2D eigenvalue weighted by Gasteiger charge is 2.09. The smallest absolute Gasteiger partial charge is 0.247 e. The van der Waals surface area contributed by atoms with Crippen molar-refractivity contribution < 1.29 is 19.4 Å². The summed E-state index contributed by atoms with van der Waals surface area (Å²) in [6.45, 7) is 4.40. The van der Waals surface area contributed by atoms with Gasteiger partial charge in [0.25, 0.3) is 0 Å². The fourth-order valence-corrected chi connectivity index (χ4v) is 2.98. The van der Waals surface area contributed by atoms with Crippen molar-refractivity contribution in [1.82, 2.24) is 0 Å².